The zero-order valence-corrected chi connectivity index (χ0v) is 20.6. The summed E-state index contributed by atoms with van der Waals surface area (Å²) >= 11 is 0. The zero-order chi connectivity index (χ0) is 25.3. The Morgan fingerprint density at radius 2 is 1.78 bits per heavy atom. The van der Waals surface area contributed by atoms with Gasteiger partial charge in [0.2, 0.25) is 17.7 Å². The maximum absolute atomic E-state index is 13.6. The molecular formula is C26H29N5O5. The molecule has 10 heteroatoms. The molecule has 5 rings (SSSR count). The molecule has 3 aromatic rings. The predicted octanol–water partition coefficient (Wildman–Crippen LogP) is 3.16. The zero-order valence-electron chi connectivity index (χ0n) is 20.6. The number of H-pyrrole nitrogens is 1. The highest BCUT2D eigenvalue weighted by Crippen LogP contribution is 2.44. The normalized spacial score (nSPS) is 16.9. The Bertz CT molecular complexity index is 1270. The molecule has 1 aromatic carbocycles. The van der Waals surface area contributed by atoms with Crippen LogP contribution in [0.4, 0.5) is 5.69 Å². The van der Waals surface area contributed by atoms with Crippen molar-refractivity contribution in [1.29, 1.82) is 0 Å². The Labute approximate surface area is 209 Å². The van der Waals surface area contributed by atoms with Crippen LogP contribution >= 0.6 is 0 Å². The third kappa shape index (κ3) is 4.02. The van der Waals surface area contributed by atoms with Crippen molar-refractivity contribution < 1.29 is 23.8 Å². The number of hydrogen-bond acceptors (Lipinski definition) is 7. The molecule has 2 aromatic heterocycles. The van der Waals surface area contributed by atoms with Crippen LogP contribution < -0.4 is 19.1 Å². The van der Waals surface area contributed by atoms with E-state index in [0.29, 0.717) is 49.7 Å². The minimum Gasteiger partial charge on any atom is -0.496 e. The molecule has 1 N–H and O–H groups in total. The van der Waals surface area contributed by atoms with Crippen LogP contribution in [0.25, 0.3) is 11.1 Å². The van der Waals surface area contributed by atoms with E-state index in [2.05, 4.69) is 15.2 Å². The highest BCUT2D eigenvalue weighted by atomic mass is 16.5. The first-order valence-electron chi connectivity index (χ1n) is 11.9. The number of aromatic nitrogens is 3. The molecular weight excluding hydrogens is 462 g/mol. The first kappa shape index (κ1) is 23.7. The standard InChI is InChI=1S/C26H29N5O5/c1-34-21-14-18(4-5-19(21)17-15-27-28-16-17)31-13-10-26(25(31)33)8-11-30(12-9-26)24(32)20-6-7-22(35-2)29-23(20)36-3/h4-7,14-16H,8-13H2,1-3H3,(H,27,28). The van der Waals surface area contributed by atoms with Gasteiger partial charge in [-0.05, 0) is 37.5 Å². The van der Waals surface area contributed by atoms with Gasteiger partial charge in [0.05, 0.1) is 32.9 Å². The number of methoxy groups -OCH3 is 3. The van der Waals surface area contributed by atoms with Gasteiger partial charge < -0.3 is 24.0 Å². The van der Waals surface area contributed by atoms with E-state index in [1.54, 1.807) is 36.5 Å². The number of pyridine rings is 1. The van der Waals surface area contributed by atoms with Crippen LogP contribution in [-0.4, -0.2) is 72.9 Å². The molecule has 0 bridgehead atoms. The fourth-order valence-corrected chi connectivity index (χ4v) is 5.18. The lowest BCUT2D eigenvalue weighted by molar-refractivity contribution is -0.127. The maximum Gasteiger partial charge on any atom is 0.259 e. The number of benzene rings is 1. The van der Waals surface area contributed by atoms with Gasteiger partial charge in [-0.25, -0.2) is 0 Å². The number of nitrogens with one attached hydrogen (secondary N) is 1. The maximum atomic E-state index is 13.6. The molecule has 188 valence electrons. The first-order chi connectivity index (χ1) is 17.5. The Morgan fingerprint density at radius 1 is 1.00 bits per heavy atom. The van der Waals surface area contributed by atoms with Crippen molar-refractivity contribution in [3.05, 3.63) is 48.3 Å². The number of carbonyl (C=O) groups is 2. The Kier molecular flexibility index (Phi) is 6.26. The number of carbonyl (C=O) groups excluding carboxylic acids is 2. The van der Waals surface area contributed by atoms with Crippen LogP contribution in [0.15, 0.2) is 42.7 Å². The van der Waals surface area contributed by atoms with Crippen LogP contribution in [0.2, 0.25) is 0 Å². The summed E-state index contributed by atoms with van der Waals surface area (Å²) in [5.41, 5.74) is 2.57. The molecule has 2 saturated heterocycles. The minimum atomic E-state index is -0.463. The number of hydrogen-bond donors (Lipinski definition) is 1. The summed E-state index contributed by atoms with van der Waals surface area (Å²) in [6.07, 6.45) is 5.53. The summed E-state index contributed by atoms with van der Waals surface area (Å²) in [6, 6.07) is 9.12. The van der Waals surface area contributed by atoms with Crippen molar-refractivity contribution in [3.63, 3.8) is 0 Å². The highest BCUT2D eigenvalue weighted by molar-refractivity contribution is 6.01. The summed E-state index contributed by atoms with van der Waals surface area (Å²) in [7, 11) is 4.61. The third-order valence-corrected chi connectivity index (χ3v) is 7.29. The average molecular weight is 492 g/mol. The molecule has 10 nitrogen and oxygen atoms in total. The van der Waals surface area contributed by atoms with Gasteiger partial charge in [-0.2, -0.15) is 10.1 Å². The number of ether oxygens (including phenoxy) is 3. The number of amides is 2. The molecule has 0 atom stereocenters. The van der Waals surface area contributed by atoms with Crippen molar-refractivity contribution in [2.24, 2.45) is 5.41 Å². The summed E-state index contributed by atoms with van der Waals surface area (Å²) in [6.45, 7) is 1.63. The Hall–Kier alpha value is -4.08. The molecule has 36 heavy (non-hydrogen) atoms. The van der Waals surface area contributed by atoms with Crippen molar-refractivity contribution in [1.82, 2.24) is 20.1 Å². The van der Waals surface area contributed by atoms with Crippen LogP contribution in [0.5, 0.6) is 17.5 Å². The number of anilines is 1. The molecule has 2 aliphatic heterocycles. The number of nitrogens with zero attached hydrogens (tertiary/aromatic N) is 4. The molecule has 2 amide bonds. The molecule has 4 heterocycles. The molecule has 0 saturated carbocycles. The second-order valence-corrected chi connectivity index (χ2v) is 9.06. The molecule has 0 radical (unpaired) electrons. The van der Waals surface area contributed by atoms with Gasteiger partial charge in [0.25, 0.3) is 5.91 Å². The Morgan fingerprint density at radius 3 is 2.44 bits per heavy atom. The SMILES string of the molecule is COc1ccc(C(=O)N2CCC3(CC2)CCN(c2ccc(-c4cn[nH]c4)c(OC)c2)C3=O)c(OC)n1. The van der Waals surface area contributed by atoms with Gasteiger partial charge in [-0.15, -0.1) is 0 Å². The van der Waals surface area contributed by atoms with E-state index >= 15 is 0 Å². The van der Waals surface area contributed by atoms with E-state index in [0.717, 1.165) is 23.2 Å². The van der Waals surface area contributed by atoms with Crippen molar-refractivity contribution in [3.8, 4) is 28.6 Å². The van der Waals surface area contributed by atoms with Crippen LogP contribution in [-0.2, 0) is 4.79 Å². The number of piperidine rings is 1. The second kappa shape index (κ2) is 9.52. The lowest BCUT2D eigenvalue weighted by Gasteiger charge is -2.38. The fourth-order valence-electron chi connectivity index (χ4n) is 5.18. The fraction of sp³-hybridized carbons (Fsp3) is 0.385. The lowest BCUT2D eigenvalue weighted by atomic mass is 9.77. The first-order valence-corrected chi connectivity index (χ1v) is 11.9. The highest BCUT2D eigenvalue weighted by Gasteiger charge is 2.49. The third-order valence-electron chi connectivity index (χ3n) is 7.29. The molecule has 0 aliphatic carbocycles. The van der Waals surface area contributed by atoms with Crippen LogP contribution in [0, 0.1) is 5.41 Å². The largest absolute Gasteiger partial charge is 0.496 e. The summed E-state index contributed by atoms with van der Waals surface area (Å²) in [4.78, 5) is 34.7. The lowest BCUT2D eigenvalue weighted by Crippen LogP contribution is -2.46. The van der Waals surface area contributed by atoms with Gasteiger partial charge in [-0.1, -0.05) is 0 Å². The second-order valence-electron chi connectivity index (χ2n) is 9.06. The number of aromatic amines is 1. The van der Waals surface area contributed by atoms with E-state index in [1.165, 1.54) is 14.2 Å². The smallest absolute Gasteiger partial charge is 0.259 e. The van der Waals surface area contributed by atoms with Gasteiger partial charge in [0.15, 0.2) is 0 Å². The van der Waals surface area contributed by atoms with Crippen molar-refractivity contribution in [2.45, 2.75) is 19.3 Å². The monoisotopic (exact) mass is 491 g/mol. The van der Waals surface area contributed by atoms with E-state index in [1.807, 2.05) is 23.1 Å². The topological polar surface area (TPSA) is 110 Å². The Balaban J connectivity index is 1.29. The summed E-state index contributed by atoms with van der Waals surface area (Å²) < 4.78 is 16.0. The van der Waals surface area contributed by atoms with E-state index in [9.17, 15) is 9.59 Å². The van der Waals surface area contributed by atoms with Gasteiger partial charge >= 0.3 is 0 Å². The van der Waals surface area contributed by atoms with Crippen LogP contribution in [0.3, 0.4) is 0 Å². The predicted molar refractivity (Wildman–Crippen MR) is 132 cm³/mol. The van der Waals surface area contributed by atoms with Gasteiger partial charge in [-0.3, -0.25) is 14.7 Å². The van der Waals surface area contributed by atoms with E-state index in [-0.39, 0.29) is 17.7 Å². The minimum absolute atomic E-state index is 0.108. The quantitative estimate of drug-likeness (QED) is 0.564. The molecule has 1 spiro atoms. The molecule has 2 fully saturated rings. The summed E-state index contributed by atoms with van der Waals surface area (Å²) in [5.74, 6) is 1.25. The number of likely N-dealkylation sites (tertiary alicyclic amines) is 1. The number of rotatable bonds is 6. The van der Waals surface area contributed by atoms with Crippen LogP contribution in [0.1, 0.15) is 29.6 Å². The van der Waals surface area contributed by atoms with Gasteiger partial charge in [0, 0.05) is 54.8 Å². The molecule has 2 aliphatic rings. The average Bonchev–Trinajstić information content (AvgIpc) is 3.57. The van der Waals surface area contributed by atoms with E-state index in [4.69, 9.17) is 14.2 Å². The molecule has 0 unspecified atom stereocenters. The van der Waals surface area contributed by atoms with Gasteiger partial charge in [0.1, 0.15) is 11.3 Å². The van der Waals surface area contributed by atoms with Crippen molar-refractivity contribution >= 4 is 17.5 Å². The van der Waals surface area contributed by atoms with E-state index < -0.39 is 5.41 Å². The van der Waals surface area contributed by atoms with Crippen molar-refractivity contribution in [2.75, 3.05) is 45.9 Å². The summed E-state index contributed by atoms with van der Waals surface area (Å²) in [5, 5.41) is 6.82.